The van der Waals surface area contributed by atoms with E-state index in [4.69, 9.17) is 9.47 Å². The van der Waals surface area contributed by atoms with Gasteiger partial charge < -0.3 is 14.8 Å². The molecule has 156 valence electrons. The van der Waals surface area contributed by atoms with E-state index in [-0.39, 0.29) is 12.0 Å². The predicted molar refractivity (Wildman–Crippen MR) is 115 cm³/mol. The van der Waals surface area contributed by atoms with Crippen LogP contribution in [0.3, 0.4) is 0 Å². The van der Waals surface area contributed by atoms with Gasteiger partial charge in [0, 0.05) is 38.2 Å². The Morgan fingerprint density at radius 1 is 1.24 bits per heavy atom. The molecular formula is C24H32N2O3. The minimum absolute atomic E-state index is 0.126. The summed E-state index contributed by atoms with van der Waals surface area (Å²) < 4.78 is 11.5. The predicted octanol–water partition coefficient (Wildman–Crippen LogP) is 3.81. The summed E-state index contributed by atoms with van der Waals surface area (Å²) >= 11 is 0. The number of hydrogen-bond donors (Lipinski definition) is 1. The zero-order chi connectivity index (χ0) is 20.5. The molecule has 0 spiro atoms. The first-order chi connectivity index (χ1) is 14.2. The number of hydrogen-bond acceptors (Lipinski definition) is 4. The van der Waals surface area contributed by atoms with Crippen molar-refractivity contribution in [2.24, 2.45) is 0 Å². The van der Waals surface area contributed by atoms with E-state index in [2.05, 4.69) is 29.3 Å². The summed E-state index contributed by atoms with van der Waals surface area (Å²) in [5, 5.41) is 3.07. The van der Waals surface area contributed by atoms with Crippen LogP contribution in [0, 0.1) is 0 Å². The Morgan fingerprint density at radius 3 is 2.83 bits per heavy atom. The molecule has 1 N–H and O–H groups in total. The summed E-state index contributed by atoms with van der Waals surface area (Å²) in [5.74, 6) is 1.90. The molecule has 0 aromatic heterocycles. The van der Waals surface area contributed by atoms with Gasteiger partial charge in [0.05, 0.1) is 7.11 Å². The van der Waals surface area contributed by atoms with Gasteiger partial charge in [-0.3, -0.25) is 9.69 Å². The smallest absolute Gasteiger partial charge is 0.220 e. The zero-order valence-electron chi connectivity index (χ0n) is 17.5. The fourth-order valence-corrected chi connectivity index (χ4v) is 3.65. The van der Waals surface area contributed by atoms with E-state index in [0.717, 1.165) is 56.0 Å². The van der Waals surface area contributed by atoms with Gasteiger partial charge in [0.25, 0.3) is 0 Å². The van der Waals surface area contributed by atoms with Crippen molar-refractivity contribution in [3.63, 3.8) is 0 Å². The Hall–Kier alpha value is -2.53. The van der Waals surface area contributed by atoms with Gasteiger partial charge in [-0.1, -0.05) is 37.3 Å². The van der Waals surface area contributed by atoms with E-state index >= 15 is 0 Å². The highest BCUT2D eigenvalue weighted by Gasteiger charge is 2.22. The minimum atomic E-state index is 0.126. The first kappa shape index (κ1) is 21.2. The van der Waals surface area contributed by atoms with E-state index in [9.17, 15) is 4.79 Å². The van der Waals surface area contributed by atoms with Crippen molar-refractivity contribution in [1.29, 1.82) is 0 Å². The molecule has 1 aliphatic heterocycles. The van der Waals surface area contributed by atoms with Crippen LogP contribution in [0.15, 0.2) is 48.5 Å². The molecule has 5 nitrogen and oxygen atoms in total. The second-order valence-electron chi connectivity index (χ2n) is 7.55. The van der Waals surface area contributed by atoms with Gasteiger partial charge in [0.1, 0.15) is 17.6 Å². The molecule has 5 heteroatoms. The second kappa shape index (κ2) is 10.9. The van der Waals surface area contributed by atoms with E-state index in [0.29, 0.717) is 13.0 Å². The van der Waals surface area contributed by atoms with Crippen molar-refractivity contribution in [2.75, 3.05) is 26.7 Å². The molecule has 1 amide bonds. The van der Waals surface area contributed by atoms with Gasteiger partial charge >= 0.3 is 0 Å². The quantitative estimate of drug-likeness (QED) is 0.700. The monoisotopic (exact) mass is 396 g/mol. The summed E-state index contributed by atoms with van der Waals surface area (Å²) in [5.41, 5.74) is 2.42. The minimum Gasteiger partial charge on any atom is -0.497 e. The average molecular weight is 397 g/mol. The molecular weight excluding hydrogens is 364 g/mol. The fraction of sp³-hybridized carbons (Fsp3) is 0.458. The maximum absolute atomic E-state index is 12.2. The van der Waals surface area contributed by atoms with Gasteiger partial charge in [0.2, 0.25) is 5.91 Å². The molecule has 3 rings (SSSR count). The number of nitrogens with one attached hydrogen (secondary N) is 1. The molecule has 0 radical (unpaired) electrons. The first-order valence-electron chi connectivity index (χ1n) is 10.5. The summed E-state index contributed by atoms with van der Waals surface area (Å²) in [6, 6.07) is 16.3. The Balaban J connectivity index is 1.45. The number of carbonyl (C=O) groups is 1. The highest BCUT2D eigenvalue weighted by atomic mass is 16.5. The number of rotatable bonds is 9. The van der Waals surface area contributed by atoms with E-state index in [1.165, 1.54) is 5.56 Å². The van der Waals surface area contributed by atoms with Crippen LogP contribution in [0.2, 0.25) is 0 Å². The van der Waals surface area contributed by atoms with E-state index < -0.39 is 0 Å². The number of carbonyl (C=O) groups excluding carboxylic acids is 1. The summed E-state index contributed by atoms with van der Waals surface area (Å²) in [6.07, 6.45) is 3.49. The highest BCUT2D eigenvalue weighted by molar-refractivity contribution is 5.75. The Morgan fingerprint density at radius 2 is 2.07 bits per heavy atom. The third-order valence-corrected chi connectivity index (χ3v) is 5.33. The normalized spacial score (nSPS) is 16.4. The lowest BCUT2D eigenvalue weighted by molar-refractivity contribution is -0.121. The van der Waals surface area contributed by atoms with Gasteiger partial charge in [-0.15, -0.1) is 0 Å². The van der Waals surface area contributed by atoms with E-state index in [1.807, 2.05) is 36.4 Å². The molecule has 0 fully saturated rings. The maximum atomic E-state index is 12.2. The number of amides is 1. The van der Waals surface area contributed by atoms with Gasteiger partial charge in [0.15, 0.2) is 0 Å². The number of benzene rings is 2. The SMILES string of the molecule is CCC1CN(CCNC(=O)CCCc2ccccc2)Cc2cc(OC)ccc2O1. The van der Waals surface area contributed by atoms with Crippen LogP contribution in [0.25, 0.3) is 0 Å². The lowest BCUT2D eigenvalue weighted by Crippen LogP contribution is -2.38. The Kier molecular flexibility index (Phi) is 7.94. The number of ether oxygens (including phenoxy) is 2. The Labute approximate surface area is 174 Å². The molecule has 1 heterocycles. The summed E-state index contributed by atoms with van der Waals surface area (Å²) in [4.78, 5) is 14.5. The maximum Gasteiger partial charge on any atom is 0.220 e. The van der Waals surface area contributed by atoms with Gasteiger partial charge in [-0.25, -0.2) is 0 Å². The van der Waals surface area contributed by atoms with Crippen molar-refractivity contribution >= 4 is 5.91 Å². The van der Waals surface area contributed by atoms with Crippen molar-refractivity contribution in [3.8, 4) is 11.5 Å². The number of fused-ring (bicyclic) bond motifs is 1. The van der Waals surface area contributed by atoms with Crippen molar-refractivity contribution in [1.82, 2.24) is 10.2 Å². The van der Waals surface area contributed by atoms with Crippen molar-refractivity contribution in [2.45, 2.75) is 45.3 Å². The number of nitrogens with zero attached hydrogens (tertiary/aromatic N) is 1. The standard InChI is InChI=1S/C24H32N2O3/c1-3-21-18-26(17-20-16-22(28-2)12-13-23(20)29-21)15-14-25-24(27)11-7-10-19-8-5-4-6-9-19/h4-6,8-9,12-13,16,21H,3,7,10-11,14-15,17-18H2,1-2H3,(H,25,27). The van der Waals surface area contributed by atoms with E-state index in [1.54, 1.807) is 7.11 Å². The molecule has 0 bridgehead atoms. The third-order valence-electron chi connectivity index (χ3n) is 5.33. The lowest BCUT2D eigenvalue weighted by Gasteiger charge is -2.23. The zero-order valence-corrected chi connectivity index (χ0v) is 17.5. The third kappa shape index (κ3) is 6.50. The van der Waals surface area contributed by atoms with Crippen molar-refractivity contribution in [3.05, 3.63) is 59.7 Å². The highest BCUT2D eigenvalue weighted by Crippen LogP contribution is 2.29. The topological polar surface area (TPSA) is 50.8 Å². The summed E-state index contributed by atoms with van der Waals surface area (Å²) in [7, 11) is 1.68. The molecule has 1 unspecified atom stereocenters. The van der Waals surface area contributed by atoms with Crippen LogP contribution in [0.5, 0.6) is 11.5 Å². The average Bonchev–Trinajstić information content (AvgIpc) is 2.92. The fourth-order valence-electron chi connectivity index (χ4n) is 3.65. The van der Waals surface area contributed by atoms with Crippen LogP contribution < -0.4 is 14.8 Å². The second-order valence-corrected chi connectivity index (χ2v) is 7.55. The molecule has 0 aliphatic carbocycles. The molecule has 1 aliphatic rings. The Bertz CT molecular complexity index is 779. The first-order valence-corrected chi connectivity index (χ1v) is 10.5. The van der Waals surface area contributed by atoms with Crippen LogP contribution in [0.4, 0.5) is 0 Å². The van der Waals surface area contributed by atoms with Crippen LogP contribution >= 0.6 is 0 Å². The molecule has 2 aromatic carbocycles. The molecule has 2 aromatic rings. The summed E-state index contributed by atoms with van der Waals surface area (Å²) in [6.45, 7) is 5.26. The largest absolute Gasteiger partial charge is 0.497 e. The van der Waals surface area contributed by atoms with Crippen molar-refractivity contribution < 1.29 is 14.3 Å². The van der Waals surface area contributed by atoms with Crippen LogP contribution in [-0.4, -0.2) is 43.7 Å². The van der Waals surface area contributed by atoms with Crippen LogP contribution in [-0.2, 0) is 17.8 Å². The molecule has 0 saturated heterocycles. The molecule has 29 heavy (non-hydrogen) atoms. The lowest BCUT2D eigenvalue weighted by atomic mass is 10.1. The molecule has 0 saturated carbocycles. The van der Waals surface area contributed by atoms with Crippen LogP contribution in [0.1, 0.15) is 37.3 Å². The van der Waals surface area contributed by atoms with Gasteiger partial charge in [-0.05, 0) is 43.0 Å². The number of methoxy groups -OCH3 is 1. The van der Waals surface area contributed by atoms with Gasteiger partial charge in [-0.2, -0.15) is 0 Å². The number of aryl methyl sites for hydroxylation is 1. The molecule has 1 atom stereocenters.